The van der Waals surface area contributed by atoms with E-state index >= 15 is 0 Å². The lowest BCUT2D eigenvalue weighted by atomic mass is 9.95. The van der Waals surface area contributed by atoms with Crippen molar-refractivity contribution < 1.29 is 29.0 Å². The molecule has 1 aliphatic heterocycles. The molecular formula is C19H14FNO5. The Balaban J connectivity index is 2.24. The van der Waals surface area contributed by atoms with Crippen LogP contribution >= 0.6 is 0 Å². The standard InChI is InChI=1S/C19H14FNO5/c20-13-9-5-4-8-12(13)16-15(17(24)11-6-2-1-3-7-11)18(25)19(26)21(16)10-14(22)23/h1-9,16,24H,10H2,(H,22,23)/b17-15+/t16-/m0/s1. The first-order chi connectivity index (χ1) is 12.4. The van der Waals surface area contributed by atoms with Crippen molar-refractivity contribution >= 4 is 23.4 Å². The summed E-state index contributed by atoms with van der Waals surface area (Å²) >= 11 is 0. The van der Waals surface area contributed by atoms with E-state index in [4.69, 9.17) is 5.11 Å². The molecule has 1 saturated heterocycles. The Bertz CT molecular complexity index is 923. The molecule has 0 spiro atoms. The van der Waals surface area contributed by atoms with Gasteiger partial charge in [-0.05, 0) is 6.07 Å². The number of likely N-dealkylation sites (tertiary alicyclic amines) is 1. The Morgan fingerprint density at radius 3 is 2.23 bits per heavy atom. The van der Waals surface area contributed by atoms with Crippen LogP contribution in [0.3, 0.4) is 0 Å². The fourth-order valence-electron chi connectivity index (χ4n) is 2.96. The molecule has 2 aromatic carbocycles. The first-order valence-corrected chi connectivity index (χ1v) is 7.72. The molecular weight excluding hydrogens is 341 g/mol. The number of benzene rings is 2. The van der Waals surface area contributed by atoms with Crippen LogP contribution in [0.1, 0.15) is 17.2 Å². The predicted octanol–water partition coefficient (Wildman–Crippen LogP) is 2.33. The number of carbonyl (C=O) groups excluding carboxylic acids is 2. The molecule has 1 aliphatic rings. The van der Waals surface area contributed by atoms with E-state index in [9.17, 15) is 23.9 Å². The SMILES string of the molecule is O=C(O)CN1C(=O)C(=O)/C(=C(/O)c2ccccc2)[C@@H]1c1ccccc1F. The van der Waals surface area contributed by atoms with Crippen molar-refractivity contribution in [1.82, 2.24) is 4.90 Å². The Labute approximate surface area is 147 Å². The number of Topliss-reactive ketones (excluding diaryl/α,β-unsaturated/α-hetero) is 1. The number of hydrogen-bond donors (Lipinski definition) is 2. The number of carboxylic acid groups (broad SMARTS) is 1. The second kappa shape index (κ2) is 6.79. The Morgan fingerprint density at radius 1 is 1.00 bits per heavy atom. The second-order valence-corrected chi connectivity index (χ2v) is 5.71. The second-order valence-electron chi connectivity index (χ2n) is 5.71. The van der Waals surface area contributed by atoms with Gasteiger partial charge >= 0.3 is 5.97 Å². The van der Waals surface area contributed by atoms with Gasteiger partial charge in [0, 0.05) is 11.1 Å². The average molecular weight is 355 g/mol. The normalized spacial score (nSPS) is 19.0. The first kappa shape index (κ1) is 17.3. The fourth-order valence-corrected chi connectivity index (χ4v) is 2.96. The summed E-state index contributed by atoms with van der Waals surface area (Å²) in [5.74, 6) is -4.70. The van der Waals surface area contributed by atoms with Gasteiger partial charge in [-0.25, -0.2) is 4.39 Å². The summed E-state index contributed by atoms with van der Waals surface area (Å²) in [6.07, 6.45) is 0. The minimum Gasteiger partial charge on any atom is -0.507 e. The molecule has 0 bridgehead atoms. The lowest BCUT2D eigenvalue weighted by Gasteiger charge is -2.24. The molecule has 7 heteroatoms. The summed E-state index contributed by atoms with van der Waals surface area (Å²) < 4.78 is 14.3. The fraction of sp³-hybridized carbons (Fsp3) is 0.105. The molecule has 6 nitrogen and oxygen atoms in total. The summed E-state index contributed by atoms with van der Waals surface area (Å²) in [5, 5.41) is 19.7. The number of halogens is 1. The summed E-state index contributed by atoms with van der Waals surface area (Å²) in [4.78, 5) is 36.7. The summed E-state index contributed by atoms with van der Waals surface area (Å²) in [7, 11) is 0. The smallest absolute Gasteiger partial charge is 0.323 e. The maximum absolute atomic E-state index is 14.3. The zero-order valence-corrected chi connectivity index (χ0v) is 13.4. The van der Waals surface area contributed by atoms with Crippen LogP contribution in [0.25, 0.3) is 5.76 Å². The molecule has 0 aromatic heterocycles. The van der Waals surface area contributed by atoms with E-state index < -0.39 is 41.8 Å². The van der Waals surface area contributed by atoms with Crippen molar-refractivity contribution in [3.63, 3.8) is 0 Å². The number of rotatable bonds is 4. The number of hydrogen-bond acceptors (Lipinski definition) is 4. The van der Waals surface area contributed by atoms with Crippen molar-refractivity contribution in [2.75, 3.05) is 6.54 Å². The molecule has 1 amide bonds. The monoisotopic (exact) mass is 355 g/mol. The number of aliphatic carboxylic acids is 1. The highest BCUT2D eigenvalue weighted by molar-refractivity contribution is 6.46. The summed E-state index contributed by atoms with van der Waals surface area (Å²) in [6.45, 7) is -0.796. The van der Waals surface area contributed by atoms with Crippen LogP contribution in [-0.2, 0) is 14.4 Å². The topological polar surface area (TPSA) is 94.9 Å². The zero-order valence-electron chi connectivity index (χ0n) is 13.4. The van der Waals surface area contributed by atoms with Crippen LogP contribution in [0.15, 0.2) is 60.2 Å². The van der Waals surface area contributed by atoms with Crippen molar-refractivity contribution in [1.29, 1.82) is 0 Å². The lowest BCUT2D eigenvalue weighted by Crippen LogP contribution is -2.34. The maximum atomic E-state index is 14.3. The van der Waals surface area contributed by atoms with Gasteiger partial charge in [0.05, 0.1) is 11.6 Å². The quantitative estimate of drug-likeness (QED) is 0.499. The summed E-state index contributed by atoms with van der Waals surface area (Å²) in [6, 6.07) is 12.1. The van der Waals surface area contributed by atoms with Gasteiger partial charge in [0.1, 0.15) is 18.1 Å². The van der Waals surface area contributed by atoms with Gasteiger partial charge in [-0.3, -0.25) is 14.4 Å². The van der Waals surface area contributed by atoms with E-state index in [-0.39, 0.29) is 16.7 Å². The van der Waals surface area contributed by atoms with Crippen molar-refractivity contribution in [3.8, 4) is 0 Å². The number of aliphatic hydroxyl groups excluding tert-OH is 1. The molecule has 1 heterocycles. The van der Waals surface area contributed by atoms with Gasteiger partial charge in [-0.1, -0.05) is 48.5 Å². The molecule has 1 atom stereocenters. The van der Waals surface area contributed by atoms with Gasteiger partial charge in [-0.15, -0.1) is 0 Å². The highest BCUT2D eigenvalue weighted by Gasteiger charge is 2.47. The molecule has 132 valence electrons. The Hall–Kier alpha value is -3.48. The molecule has 3 rings (SSSR count). The third kappa shape index (κ3) is 2.95. The predicted molar refractivity (Wildman–Crippen MR) is 89.5 cm³/mol. The minimum atomic E-state index is -1.35. The van der Waals surface area contributed by atoms with Gasteiger partial charge in [0.25, 0.3) is 11.7 Å². The molecule has 2 aromatic rings. The third-order valence-corrected chi connectivity index (χ3v) is 4.09. The average Bonchev–Trinajstić information content (AvgIpc) is 2.87. The zero-order chi connectivity index (χ0) is 18.8. The van der Waals surface area contributed by atoms with E-state index in [1.807, 2.05) is 0 Å². The minimum absolute atomic E-state index is 0.0644. The van der Waals surface area contributed by atoms with Crippen LogP contribution in [0.4, 0.5) is 4.39 Å². The number of aliphatic hydroxyl groups is 1. The van der Waals surface area contributed by atoms with Crippen molar-refractivity contribution in [2.24, 2.45) is 0 Å². The van der Waals surface area contributed by atoms with Crippen LogP contribution in [0.5, 0.6) is 0 Å². The van der Waals surface area contributed by atoms with Gasteiger partial charge < -0.3 is 15.1 Å². The van der Waals surface area contributed by atoms with Gasteiger partial charge in [0.15, 0.2) is 0 Å². The van der Waals surface area contributed by atoms with Crippen LogP contribution in [0.2, 0.25) is 0 Å². The Morgan fingerprint density at radius 2 is 1.62 bits per heavy atom. The van der Waals surface area contributed by atoms with Crippen LogP contribution in [-0.4, -0.2) is 39.3 Å². The molecule has 0 aliphatic carbocycles. The van der Waals surface area contributed by atoms with E-state index in [0.29, 0.717) is 0 Å². The van der Waals surface area contributed by atoms with Crippen molar-refractivity contribution in [3.05, 3.63) is 77.1 Å². The lowest BCUT2D eigenvalue weighted by molar-refractivity contribution is -0.146. The number of nitrogens with zero attached hydrogens (tertiary/aromatic N) is 1. The number of carboxylic acids is 1. The maximum Gasteiger partial charge on any atom is 0.323 e. The number of amides is 1. The van der Waals surface area contributed by atoms with Crippen LogP contribution in [0, 0.1) is 5.82 Å². The van der Waals surface area contributed by atoms with E-state index in [1.54, 1.807) is 18.2 Å². The Kier molecular flexibility index (Phi) is 4.53. The molecule has 0 unspecified atom stereocenters. The van der Waals surface area contributed by atoms with Gasteiger partial charge in [0.2, 0.25) is 0 Å². The highest BCUT2D eigenvalue weighted by atomic mass is 19.1. The van der Waals surface area contributed by atoms with Crippen molar-refractivity contribution in [2.45, 2.75) is 6.04 Å². The number of carbonyl (C=O) groups is 3. The van der Waals surface area contributed by atoms with E-state index in [0.717, 1.165) is 11.0 Å². The molecule has 2 N–H and O–H groups in total. The third-order valence-electron chi connectivity index (χ3n) is 4.09. The largest absolute Gasteiger partial charge is 0.507 e. The summed E-state index contributed by atoms with van der Waals surface area (Å²) in [5.41, 5.74) is -0.139. The molecule has 26 heavy (non-hydrogen) atoms. The van der Waals surface area contributed by atoms with E-state index in [2.05, 4.69) is 0 Å². The van der Waals surface area contributed by atoms with E-state index in [1.165, 1.54) is 30.3 Å². The molecule has 1 fully saturated rings. The molecule has 0 saturated carbocycles. The number of ketones is 1. The first-order valence-electron chi connectivity index (χ1n) is 7.72. The molecule has 0 radical (unpaired) electrons. The highest BCUT2D eigenvalue weighted by Crippen LogP contribution is 2.39. The van der Waals surface area contributed by atoms with Gasteiger partial charge in [-0.2, -0.15) is 0 Å². The van der Waals surface area contributed by atoms with Crippen LogP contribution < -0.4 is 0 Å².